The third-order valence-electron chi connectivity index (χ3n) is 4.56. The van der Waals surface area contributed by atoms with Crippen LogP contribution in [-0.4, -0.2) is 23.7 Å². The van der Waals surface area contributed by atoms with Crippen molar-refractivity contribution in [2.45, 2.75) is 25.6 Å². The number of pyridine rings is 1. The van der Waals surface area contributed by atoms with Gasteiger partial charge in [0.25, 0.3) is 0 Å². The van der Waals surface area contributed by atoms with Crippen LogP contribution in [-0.2, 0) is 12.8 Å². The summed E-state index contributed by atoms with van der Waals surface area (Å²) in [6.07, 6.45) is -2.73. The summed E-state index contributed by atoms with van der Waals surface area (Å²) in [7, 11) is 1.61. The molecule has 1 aromatic heterocycles. The van der Waals surface area contributed by atoms with Crippen molar-refractivity contribution in [3.63, 3.8) is 0 Å². The molecule has 0 unspecified atom stereocenters. The number of halogens is 4. The molecule has 0 atom stereocenters. The zero-order valence-electron chi connectivity index (χ0n) is 14.6. The van der Waals surface area contributed by atoms with E-state index in [9.17, 15) is 17.6 Å². The van der Waals surface area contributed by atoms with Gasteiger partial charge in [0.2, 0.25) is 5.95 Å². The van der Waals surface area contributed by atoms with E-state index in [2.05, 4.69) is 10.4 Å². The Bertz CT molecular complexity index is 837. The first-order chi connectivity index (χ1) is 12.8. The maximum atomic E-state index is 14.3. The highest BCUT2D eigenvalue weighted by Crippen LogP contribution is 2.45. The lowest BCUT2D eigenvalue weighted by atomic mass is 9.97. The van der Waals surface area contributed by atoms with E-state index in [4.69, 9.17) is 10.8 Å². The predicted octanol–water partition coefficient (Wildman–Crippen LogP) is 3.33. The van der Waals surface area contributed by atoms with E-state index in [1.54, 1.807) is 12.1 Å². The maximum absolute atomic E-state index is 14.3. The molecular formula is C18H20F4N4O. The van der Waals surface area contributed by atoms with E-state index in [1.807, 2.05) is 0 Å². The number of hydrogen-bond donors (Lipinski definition) is 3. The smallest absolute Gasteiger partial charge is 0.396 e. The fourth-order valence-electron chi connectivity index (χ4n) is 3.00. The van der Waals surface area contributed by atoms with Crippen molar-refractivity contribution >= 4 is 11.4 Å². The van der Waals surface area contributed by atoms with Crippen LogP contribution in [0.3, 0.4) is 0 Å². The van der Waals surface area contributed by atoms with Crippen molar-refractivity contribution < 1.29 is 22.7 Å². The number of alkyl halides is 3. The van der Waals surface area contributed by atoms with Crippen LogP contribution in [0.5, 0.6) is 0 Å². The summed E-state index contributed by atoms with van der Waals surface area (Å²) in [4.78, 5) is 3.49. The molecule has 0 amide bonds. The Morgan fingerprint density at radius 1 is 1.22 bits per heavy atom. The Hall–Kier alpha value is -2.39. The van der Waals surface area contributed by atoms with E-state index in [0.29, 0.717) is 12.5 Å². The van der Waals surface area contributed by atoms with Crippen LogP contribution in [0.25, 0.3) is 11.1 Å². The molecule has 1 aromatic carbocycles. The summed E-state index contributed by atoms with van der Waals surface area (Å²) < 4.78 is 55.7. The lowest BCUT2D eigenvalue weighted by molar-refractivity contribution is -0.136. The topological polar surface area (TPSA) is 74.4 Å². The van der Waals surface area contributed by atoms with Gasteiger partial charge < -0.3 is 15.8 Å². The van der Waals surface area contributed by atoms with Gasteiger partial charge in [-0.2, -0.15) is 17.6 Å². The number of rotatable bonds is 6. The van der Waals surface area contributed by atoms with Crippen molar-refractivity contribution in [1.82, 2.24) is 10.4 Å². The summed E-state index contributed by atoms with van der Waals surface area (Å²) in [5.74, 6) is -0.679. The first kappa shape index (κ1) is 19.4. The number of benzene rings is 1. The molecule has 27 heavy (non-hydrogen) atoms. The van der Waals surface area contributed by atoms with E-state index < -0.39 is 30.0 Å². The Balaban J connectivity index is 2.13. The van der Waals surface area contributed by atoms with Crippen LogP contribution in [0.15, 0.2) is 24.3 Å². The van der Waals surface area contributed by atoms with Crippen molar-refractivity contribution in [3.05, 3.63) is 41.5 Å². The predicted molar refractivity (Wildman–Crippen MR) is 94.1 cm³/mol. The largest absolute Gasteiger partial charge is 0.419 e. The summed E-state index contributed by atoms with van der Waals surface area (Å²) in [6, 6.07) is 5.08. The average molecular weight is 384 g/mol. The Kier molecular flexibility index (Phi) is 5.25. The van der Waals surface area contributed by atoms with Gasteiger partial charge in [0.15, 0.2) is 0 Å². The van der Waals surface area contributed by atoms with Crippen LogP contribution in [0, 0.1) is 11.9 Å². The van der Waals surface area contributed by atoms with Gasteiger partial charge in [-0.3, -0.25) is 0 Å². The molecule has 2 aromatic rings. The number of nitrogens with one attached hydrogen (secondary N) is 1. The Morgan fingerprint density at radius 3 is 2.41 bits per heavy atom. The molecule has 1 aliphatic carbocycles. The number of nitrogens with two attached hydrogens (primary N) is 1. The van der Waals surface area contributed by atoms with Gasteiger partial charge in [-0.1, -0.05) is 6.07 Å². The van der Waals surface area contributed by atoms with Gasteiger partial charge >= 0.3 is 6.18 Å². The van der Waals surface area contributed by atoms with E-state index in [0.717, 1.165) is 18.9 Å². The number of nitrogens with zero attached hydrogens (tertiary/aromatic N) is 2. The first-order valence-electron chi connectivity index (χ1n) is 8.47. The summed E-state index contributed by atoms with van der Waals surface area (Å²) in [5.41, 5.74) is 6.71. The highest BCUT2D eigenvalue weighted by molar-refractivity contribution is 5.82. The van der Waals surface area contributed by atoms with Crippen LogP contribution in [0.1, 0.15) is 24.1 Å². The lowest BCUT2D eigenvalue weighted by Crippen LogP contribution is -2.37. The standard InChI is InChI=1S/C18H20F4N4O/c1-24-26(8-10-2-3-10)14-7-6-12(15(16(14)23)18(20,21)22)13-5-4-11(9-27)25-17(13)19/h4-7,10,24,27H,2-3,8-9,23H2,1H3. The molecule has 1 heterocycles. The third-order valence-corrected chi connectivity index (χ3v) is 4.56. The number of aliphatic hydroxyl groups excluding tert-OH is 1. The lowest BCUT2D eigenvalue weighted by Gasteiger charge is -2.27. The summed E-state index contributed by atoms with van der Waals surface area (Å²) >= 11 is 0. The molecule has 0 aliphatic heterocycles. The quantitative estimate of drug-likeness (QED) is 0.308. The second kappa shape index (κ2) is 7.32. The van der Waals surface area contributed by atoms with E-state index >= 15 is 0 Å². The molecule has 4 N–H and O–H groups in total. The van der Waals surface area contributed by atoms with Gasteiger partial charge in [0.1, 0.15) is 0 Å². The number of anilines is 2. The SMILES string of the molecule is CNN(CC1CC1)c1ccc(-c2ccc(CO)nc2F)c(C(F)(F)F)c1N. The molecule has 5 nitrogen and oxygen atoms in total. The molecule has 3 rings (SSSR count). The minimum atomic E-state index is -4.78. The van der Waals surface area contributed by atoms with Crippen LogP contribution in [0.4, 0.5) is 28.9 Å². The molecule has 146 valence electrons. The van der Waals surface area contributed by atoms with E-state index in [1.165, 1.54) is 18.2 Å². The van der Waals surface area contributed by atoms with Crippen LogP contribution >= 0.6 is 0 Å². The Labute approximate surface area is 153 Å². The summed E-state index contributed by atoms with van der Waals surface area (Å²) in [5, 5.41) is 10.6. The second-order valence-electron chi connectivity index (χ2n) is 6.50. The highest BCUT2D eigenvalue weighted by Gasteiger charge is 2.38. The van der Waals surface area contributed by atoms with Gasteiger partial charge in [-0.05, 0) is 37.0 Å². The van der Waals surface area contributed by atoms with Gasteiger partial charge in [-0.15, -0.1) is 0 Å². The minimum Gasteiger partial charge on any atom is -0.396 e. The number of hydrazine groups is 1. The normalized spacial score (nSPS) is 14.4. The van der Waals surface area contributed by atoms with E-state index in [-0.39, 0.29) is 22.5 Å². The third kappa shape index (κ3) is 3.98. The van der Waals surface area contributed by atoms with Gasteiger partial charge in [0, 0.05) is 24.7 Å². The number of aliphatic hydroxyl groups is 1. The maximum Gasteiger partial charge on any atom is 0.419 e. The molecule has 0 radical (unpaired) electrons. The molecular weight excluding hydrogens is 364 g/mol. The number of nitrogen functional groups attached to an aromatic ring is 1. The van der Waals surface area contributed by atoms with Gasteiger partial charge in [0.05, 0.1) is 29.2 Å². The first-order valence-corrected chi connectivity index (χ1v) is 8.47. The van der Waals surface area contributed by atoms with Crippen LogP contribution < -0.4 is 16.2 Å². The number of aromatic nitrogens is 1. The zero-order valence-corrected chi connectivity index (χ0v) is 14.6. The van der Waals surface area contributed by atoms with Crippen LogP contribution in [0.2, 0.25) is 0 Å². The fourth-order valence-corrected chi connectivity index (χ4v) is 3.00. The molecule has 1 aliphatic rings. The molecule has 0 spiro atoms. The molecule has 0 bridgehead atoms. The molecule has 0 saturated heterocycles. The second-order valence-corrected chi connectivity index (χ2v) is 6.50. The van der Waals surface area contributed by atoms with Crippen molar-refractivity contribution in [3.8, 4) is 11.1 Å². The van der Waals surface area contributed by atoms with Crippen molar-refractivity contribution in [2.75, 3.05) is 24.3 Å². The highest BCUT2D eigenvalue weighted by atomic mass is 19.4. The monoisotopic (exact) mass is 384 g/mol. The Morgan fingerprint density at radius 2 is 1.89 bits per heavy atom. The van der Waals surface area contributed by atoms with Crippen molar-refractivity contribution in [1.29, 1.82) is 0 Å². The zero-order chi connectivity index (χ0) is 19.8. The van der Waals surface area contributed by atoms with Crippen molar-refractivity contribution in [2.24, 2.45) is 5.92 Å². The molecule has 1 saturated carbocycles. The molecule has 1 fully saturated rings. The minimum absolute atomic E-state index is 0.0280. The molecule has 9 heteroatoms. The summed E-state index contributed by atoms with van der Waals surface area (Å²) in [6.45, 7) is 0.0289. The van der Waals surface area contributed by atoms with Gasteiger partial charge in [-0.25, -0.2) is 10.4 Å². The average Bonchev–Trinajstić information content (AvgIpc) is 3.42. The fraction of sp³-hybridized carbons (Fsp3) is 0.389. The number of hydrogen-bond acceptors (Lipinski definition) is 5.